The number of methoxy groups -OCH3 is 1. The van der Waals surface area contributed by atoms with Crippen LogP contribution in [-0.4, -0.2) is 59.3 Å². The van der Waals surface area contributed by atoms with E-state index in [2.05, 4.69) is 10.1 Å². The van der Waals surface area contributed by atoms with Gasteiger partial charge in [-0.25, -0.2) is 4.79 Å². The van der Waals surface area contributed by atoms with Crippen LogP contribution in [0.4, 0.5) is 4.79 Å². The van der Waals surface area contributed by atoms with Gasteiger partial charge in [-0.2, -0.15) is 0 Å². The molecule has 3 heterocycles. The fourth-order valence-corrected chi connectivity index (χ4v) is 5.15. The predicted molar refractivity (Wildman–Crippen MR) is 96.6 cm³/mol. The molecule has 150 valence electrons. The Labute approximate surface area is 196 Å². The number of carbonyl (C=O) groups is 4. The molecule has 3 N–H and O–H groups in total. The van der Waals surface area contributed by atoms with Crippen LogP contribution in [0.15, 0.2) is 28.8 Å². The number of rotatable bonds is 7. The monoisotopic (exact) mass is 449 g/mol. The molecule has 2 aliphatic heterocycles. The molecular weight excluding hydrogens is 433 g/mol. The molecule has 0 aliphatic carbocycles. The van der Waals surface area contributed by atoms with Crippen LogP contribution < -0.4 is 45.7 Å². The first kappa shape index (κ1) is 23.7. The molecule has 3 amide bonds. The maximum absolute atomic E-state index is 12.8. The zero-order chi connectivity index (χ0) is 20.5. The van der Waals surface area contributed by atoms with Crippen molar-refractivity contribution >= 4 is 47.0 Å². The Morgan fingerprint density at radius 1 is 1.45 bits per heavy atom. The van der Waals surface area contributed by atoms with E-state index in [1.54, 1.807) is 12.1 Å². The summed E-state index contributed by atoms with van der Waals surface area (Å²) in [4.78, 5) is 49.4. The summed E-state index contributed by atoms with van der Waals surface area (Å²) in [7, 11) is 1.26. The van der Waals surface area contributed by atoms with Crippen molar-refractivity contribution in [1.29, 1.82) is 0 Å². The van der Waals surface area contributed by atoms with E-state index < -0.39 is 40.7 Å². The Morgan fingerprint density at radius 3 is 2.72 bits per heavy atom. The largest absolute Gasteiger partial charge is 1.00 e. The SMILES string of the molecule is COC1(NC(=O)Cc2cccs2)C(=O)N2C(C(=O)[O-])=C(COC(N)=O)CSC21.[Na+]. The summed E-state index contributed by atoms with van der Waals surface area (Å²) in [5.41, 5.74) is 2.99. The molecule has 1 aromatic rings. The van der Waals surface area contributed by atoms with Gasteiger partial charge < -0.3 is 30.4 Å². The molecule has 0 aromatic carbocycles. The second kappa shape index (κ2) is 9.49. The molecule has 0 bridgehead atoms. The molecule has 0 saturated carbocycles. The molecule has 1 fully saturated rings. The fraction of sp³-hybridized carbons (Fsp3) is 0.375. The first-order valence-corrected chi connectivity index (χ1v) is 9.92. The number of β-lactam (4-membered cyclic amide) rings is 1. The van der Waals surface area contributed by atoms with Gasteiger partial charge in [-0.3, -0.25) is 14.5 Å². The molecule has 3 rings (SSSR count). The smallest absolute Gasteiger partial charge is 0.543 e. The molecule has 10 nitrogen and oxygen atoms in total. The zero-order valence-corrected chi connectivity index (χ0v) is 19.3. The Morgan fingerprint density at radius 2 is 2.17 bits per heavy atom. The van der Waals surface area contributed by atoms with E-state index >= 15 is 0 Å². The molecule has 1 saturated heterocycles. The minimum absolute atomic E-state index is 0. The molecule has 2 aliphatic rings. The summed E-state index contributed by atoms with van der Waals surface area (Å²) in [5.74, 6) is -2.66. The molecule has 1 aromatic heterocycles. The van der Waals surface area contributed by atoms with E-state index in [1.165, 1.54) is 30.2 Å². The van der Waals surface area contributed by atoms with E-state index in [1.807, 2.05) is 5.38 Å². The van der Waals surface area contributed by atoms with Gasteiger partial charge in [0, 0.05) is 23.3 Å². The van der Waals surface area contributed by atoms with Crippen molar-refractivity contribution in [3.63, 3.8) is 0 Å². The molecule has 13 heteroatoms. The fourth-order valence-electron chi connectivity index (χ4n) is 3.02. The first-order valence-electron chi connectivity index (χ1n) is 7.99. The average molecular weight is 449 g/mol. The van der Waals surface area contributed by atoms with Gasteiger partial charge in [-0.15, -0.1) is 23.1 Å². The number of carbonyl (C=O) groups excluding carboxylic acids is 4. The van der Waals surface area contributed by atoms with E-state index in [0.29, 0.717) is 0 Å². The van der Waals surface area contributed by atoms with Gasteiger partial charge in [0.15, 0.2) is 0 Å². The van der Waals surface area contributed by atoms with Crippen molar-refractivity contribution in [2.45, 2.75) is 17.5 Å². The van der Waals surface area contributed by atoms with Gasteiger partial charge in [0.25, 0.3) is 11.6 Å². The number of thiophene rings is 1. The number of thioether (sulfide) groups is 1. The van der Waals surface area contributed by atoms with E-state index in [4.69, 9.17) is 10.5 Å². The number of carboxylic acids is 1. The molecular formula is C16H16N3NaO7S2. The van der Waals surface area contributed by atoms with E-state index in [9.17, 15) is 24.3 Å². The van der Waals surface area contributed by atoms with Crippen LogP contribution in [0.1, 0.15) is 4.88 Å². The second-order valence-corrected chi connectivity index (χ2v) is 8.03. The third kappa shape index (κ3) is 4.47. The first-order chi connectivity index (χ1) is 13.3. The molecule has 0 radical (unpaired) electrons. The maximum atomic E-state index is 12.8. The minimum atomic E-state index is -1.68. The quantitative estimate of drug-likeness (QED) is 0.241. The number of nitrogens with zero attached hydrogens (tertiary/aromatic N) is 1. The van der Waals surface area contributed by atoms with Crippen LogP contribution in [0, 0.1) is 0 Å². The maximum Gasteiger partial charge on any atom is 1.00 e. The Bertz CT molecular complexity index is 861. The molecule has 2 unspecified atom stereocenters. The van der Waals surface area contributed by atoms with Crippen molar-refractivity contribution in [2.75, 3.05) is 19.5 Å². The number of carboxylic acid groups (broad SMARTS) is 1. The number of nitrogens with one attached hydrogen (secondary N) is 1. The van der Waals surface area contributed by atoms with Gasteiger partial charge in [0.1, 0.15) is 12.0 Å². The van der Waals surface area contributed by atoms with Crippen LogP contribution >= 0.6 is 23.1 Å². The molecule has 0 spiro atoms. The topological polar surface area (TPSA) is 151 Å². The summed E-state index contributed by atoms with van der Waals surface area (Å²) in [5, 5.41) is 15.2. The van der Waals surface area contributed by atoms with Crippen LogP contribution in [-0.2, 0) is 30.3 Å². The third-order valence-electron chi connectivity index (χ3n) is 4.25. The summed E-state index contributed by atoms with van der Waals surface area (Å²) < 4.78 is 9.97. The van der Waals surface area contributed by atoms with Gasteiger partial charge in [0.05, 0.1) is 18.1 Å². The van der Waals surface area contributed by atoms with E-state index in [0.717, 1.165) is 9.78 Å². The van der Waals surface area contributed by atoms with Gasteiger partial charge in [-0.05, 0) is 11.4 Å². The van der Waals surface area contributed by atoms with E-state index in [-0.39, 0.29) is 53.9 Å². The number of aliphatic carboxylic acids is 1. The predicted octanol–water partition coefficient (Wildman–Crippen LogP) is -4.23. The second-order valence-electron chi connectivity index (χ2n) is 5.93. The number of ether oxygens (including phenoxy) is 2. The number of nitrogens with two attached hydrogens (primary N) is 1. The van der Waals surface area contributed by atoms with Crippen molar-refractivity contribution in [3.8, 4) is 0 Å². The Hall–Kier alpha value is -1.57. The number of fused-ring (bicyclic) bond motifs is 1. The number of hydrogen-bond acceptors (Lipinski definition) is 9. The zero-order valence-electron chi connectivity index (χ0n) is 15.6. The van der Waals surface area contributed by atoms with Gasteiger partial charge >= 0.3 is 35.7 Å². The summed E-state index contributed by atoms with van der Waals surface area (Å²) in [6, 6.07) is 3.59. The number of primary amides is 1. The van der Waals surface area contributed by atoms with Gasteiger partial charge in [0.2, 0.25) is 5.91 Å². The Kier molecular flexibility index (Phi) is 7.76. The summed E-state index contributed by atoms with van der Waals surface area (Å²) >= 11 is 2.57. The van der Waals surface area contributed by atoms with Crippen LogP contribution in [0.5, 0.6) is 0 Å². The van der Waals surface area contributed by atoms with Crippen LogP contribution in [0.25, 0.3) is 0 Å². The van der Waals surface area contributed by atoms with Crippen molar-refractivity contribution in [3.05, 3.63) is 33.7 Å². The molecule has 29 heavy (non-hydrogen) atoms. The summed E-state index contributed by atoms with van der Waals surface area (Å²) in [6.45, 7) is -0.382. The third-order valence-corrected chi connectivity index (χ3v) is 6.50. The van der Waals surface area contributed by atoms with Crippen molar-refractivity contribution in [1.82, 2.24) is 10.2 Å². The Balaban J connectivity index is 0.00000300. The normalized spacial score (nSPS) is 22.9. The minimum Gasteiger partial charge on any atom is -0.543 e. The van der Waals surface area contributed by atoms with Gasteiger partial charge in [-0.1, -0.05) is 6.07 Å². The number of amides is 3. The van der Waals surface area contributed by atoms with Crippen LogP contribution in [0.3, 0.4) is 0 Å². The van der Waals surface area contributed by atoms with Crippen LogP contribution in [0.2, 0.25) is 0 Å². The van der Waals surface area contributed by atoms with Crippen molar-refractivity contribution in [2.24, 2.45) is 5.73 Å². The molecule has 2 atom stereocenters. The standard InChI is InChI=1S/C16H17N3O7S2.Na/c1-25-16(18-10(20)5-9-3-2-4-27-9)13(23)19-11(12(21)22)8(6-26-15(17)24)7-28-14(16)19;/h2-4,14H,5-7H2,1H3,(H2,17,24)(H,18,20)(H,21,22);/q;+1/p-1. The summed E-state index contributed by atoms with van der Waals surface area (Å²) in [6.07, 6.45) is -1.01. The number of hydrogen-bond donors (Lipinski definition) is 2. The van der Waals surface area contributed by atoms with Crippen molar-refractivity contribution < 1.29 is 63.3 Å². The average Bonchev–Trinajstić information content (AvgIpc) is 3.15.